The first-order chi connectivity index (χ1) is 6.61. The van der Waals surface area contributed by atoms with Crippen molar-refractivity contribution in [2.75, 3.05) is 6.61 Å². The molecule has 1 aromatic rings. The Hall–Kier alpha value is -1.15. The highest BCUT2D eigenvalue weighted by Crippen LogP contribution is 2.24. The van der Waals surface area contributed by atoms with Crippen LogP contribution in [0.4, 0.5) is 4.39 Å². The topological polar surface area (TPSA) is 20.2 Å². The van der Waals surface area contributed by atoms with E-state index >= 15 is 0 Å². The molecule has 1 N–H and O–H groups in total. The fraction of sp³-hybridized carbons (Fsp3) is 0.333. The zero-order valence-electron chi connectivity index (χ0n) is 8.33. The molecule has 0 aliphatic rings. The Morgan fingerprint density at radius 2 is 2.14 bits per heavy atom. The number of rotatable bonds is 4. The van der Waals surface area contributed by atoms with E-state index in [2.05, 4.69) is 6.58 Å². The minimum Gasteiger partial charge on any atom is -0.395 e. The maximum atomic E-state index is 13.3. The Bertz CT molecular complexity index is 322. The lowest BCUT2D eigenvalue weighted by Gasteiger charge is -2.22. The lowest BCUT2D eigenvalue weighted by Crippen LogP contribution is -2.21. The molecule has 0 aliphatic carbocycles. The van der Waals surface area contributed by atoms with Crippen molar-refractivity contribution in [3.8, 4) is 0 Å². The molecule has 1 rings (SSSR count). The standard InChI is InChI=1S/C12H15FO/c1-3-12(2,9-14)8-10-6-4-5-7-11(10)13/h3-7,14H,1,8-9H2,2H3. The van der Waals surface area contributed by atoms with Crippen LogP contribution in [0, 0.1) is 11.2 Å². The minimum absolute atomic E-state index is 0.0230. The van der Waals surface area contributed by atoms with Crippen molar-refractivity contribution >= 4 is 0 Å². The van der Waals surface area contributed by atoms with E-state index < -0.39 is 5.41 Å². The molecule has 0 heterocycles. The number of hydrogen-bond donors (Lipinski definition) is 1. The van der Waals surface area contributed by atoms with Crippen LogP contribution in [0.2, 0.25) is 0 Å². The van der Waals surface area contributed by atoms with E-state index in [1.165, 1.54) is 6.07 Å². The number of halogens is 1. The van der Waals surface area contributed by atoms with Crippen molar-refractivity contribution in [3.05, 3.63) is 48.3 Å². The van der Waals surface area contributed by atoms with E-state index in [-0.39, 0.29) is 12.4 Å². The Balaban J connectivity index is 2.87. The van der Waals surface area contributed by atoms with Crippen LogP contribution in [0.3, 0.4) is 0 Å². The predicted molar refractivity (Wildman–Crippen MR) is 55.5 cm³/mol. The normalized spacial score (nSPS) is 14.8. The van der Waals surface area contributed by atoms with Gasteiger partial charge in [0.2, 0.25) is 0 Å². The van der Waals surface area contributed by atoms with Gasteiger partial charge in [0.25, 0.3) is 0 Å². The van der Waals surface area contributed by atoms with Gasteiger partial charge in [0.1, 0.15) is 5.82 Å². The van der Waals surface area contributed by atoms with E-state index in [4.69, 9.17) is 5.11 Å². The molecule has 0 saturated heterocycles. The summed E-state index contributed by atoms with van der Waals surface area (Å²) in [7, 11) is 0. The number of hydrogen-bond acceptors (Lipinski definition) is 1. The minimum atomic E-state index is -0.442. The van der Waals surface area contributed by atoms with Gasteiger partial charge >= 0.3 is 0 Å². The molecule has 0 spiro atoms. The first-order valence-corrected chi connectivity index (χ1v) is 4.59. The van der Waals surface area contributed by atoms with Crippen molar-refractivity contribution < 1.29 is 9.50 Å². The molecule has 0 fully saturated rings. The van der Waals surface area contributed by atoms with Crippen LogP contribution in [0.25, 0.3) is 0 Å². The first-order valence-electron chi connectivity index (χ1n) is 4.59. The average molecular weight is 194 g/mol. The molecule has 0 saturated carbocycles. The number of aliphatic hydroxyl groups is 1. The highest BCUT2D eigenvalue weighted by molar-refractivity contribution is 5.20. The van der Waals surface area contributed by atoms with Crippen LogP contribution in [-0.4, -0.2) is 11.7 Å². The second kappa shape index (κ2) is 4.38. The monoisotopic (exact) mass is 194 g/mol. The van der Waals surface area contributed by atoms with Crippen molar-refractivity contribution in [1.29, 1.82) is 0 Å². The molecule has 1 nitrogen and oxygen atoms in total. The summed E-state index contributed by atoms with van der Waals surface area (Å²) in [5.41, 5.74) is 0.173. The Labute approximate surface area is 83.9 Å². The van der Waals surface area contributed by atoms with E-state index in [1.54, 1.807) is 24.3 Å². The third-order valence-electron chi connectivity index (χ3n) is 2.41. The highest BCUT2D eigenvalue weighted by atomic mass is 19.1. The molecule has 1 aromatic carbocycles. The second-order valence-electron chi connectivity index (χ2n) is 3.78. The van der Waals surface area contributed by atoms with Gasteiger partial charge in [-0.15, -0.1) is 6.58 Å². The van der Waals surface area contributed by atoms with Gasteiger partial charge in [-0.1, -0.05) is 31.2 Å². The Morgan fingerprint density at radius 3 is 2.64 bits per heavy atom. The highest BCUT2D eigenvalue weighted by Gasteiger charge is 2.20. The molecular weight excluding hydrogens is 179 g/mol. The van der Waals surface area contributed by atoms with E-state index in [9.17, 15) is 4.39 Å². The van der Waals surface area contributed by atoms with Crippen LogP contribution < -0.4 is 0 Å². The van der Waals surface area contributed by atoms with Crippen molar-refractivity contribution in [2.45, 2.75) is 13.3 Å². The fourth-order valence-corrected chi connectivity index (χ4v) is 1.27. The van der Waals surface area contributed by atoms with Crippen molar-refractivity contribution in [2.24, 2.45) is 5.41 Å². The van der Waals surface area contributed by atoms with Crippen LogP contribution in [0.1, 0.15) is 12.5 Å². The lowest BCUT2D eigenvalue weighted by atomic mass is 9.84. The summed E-state index contributed by atoms with van der Waals surface area (Å²) in [4.78, 5) is 0. The third kappa shape index (κ3) is 2.42. The van der Waals surface area contributed by atoms with Gasteiger partial charge in [0.05, 0.1) is 6.61 Å². The van der Waals surface area contributed by atoms with Crippen LogP contribution >= 0.6 is 0 Å². The van der Waals surface area contributed by atoms with E-state index in [1.807, 2.05) is 6.92 Å². The zero-order chi connectivity index (χ0) is 10.6. The van der Waals surface area contributed by atoms with E-state index in [0.29, 0.717) is 12.0 Å². The molecule has 2 heteroatoms. The quantitative estimate of drug-likeness (QED) is 0.730. The molecule has 0 aromatic heterocycles. The fourth-order valence-electron chi connectivity index (χ4n) is 1.27. The molecule has 76 valence electrons. The van der Waals surface area contributed by atoms with Crippen molar-refractivity contribution in [1.82, 2.24) is 0 Å². The first kappa shape index (κ1) is 10.9. The summed E-state index contributed by atoms with van der Waals surface area (Å²) in [5.74, 6) is -0.228. The SMILES string of the molecule is C=CC(C)(CO)Cc1ccccc1F. The van der Waals surface area contributed by atoms with E-state index in [0.717, 1.165) is 0 Å². The number of benzene rings is 1. The van der Waals surface area contributed by atoms with Crippen LogP contribution in [-0.2, 0) is 6.42 Å². The summed E-state index contributed by atoms with van der Waals surface area (Å²) in [6.45, 7) is 5.48. The molecule has 1 atom stereocenters. The summed E-state index contributed by atoms with van der Waals surface area (Å²) in [6, 6.07) is 6.60. The van der Waals surface area contributed by atoms with Gasteiger partial charge in [-0.05, 0) is 18.1 Å². The lowest BCUT2D eigenvalue weighted by molar-refractivity contribution is 0.183. The van der Waals surface area contributed by atoms with Crippen LogP contribution in [0.15, 0.2) is 36.9 Å². The smallest absolute Gasteiger partial charge is 0.126 e. The summed E-state index contributed by atoms with van der Waals surface area (Å²) in [5, 5.41) is 9.14. The van der Waals surface area contributed by atoms with Gasteiger partial charge in [-0.2, -0.15) is 0 Å². The number of aliphatic hydroxyl groups excluding tert-OH is 1. The molecule has 1 unspecified atom stereocenters. The summed E-state index contributed by atoms with van der Waals surface area (Å²) in [6.07, 6.45) is 2.14. The van der Waals surface area contributed by atoms with Gasteiger partial charge in [-0.3, -0.25) is 0 Å². The molecule has 0 amide bonds. The predicted octanol–water partition coefficient (Wildman–Crippen LogP) is 2.55. The zero-order valence-corrected chi connectivity index (χ0v) is 8.33. The molecule has 0 aliphatic heterocycles. The average Bonchev–Trinajstić information content (AvgIpc) is 2.21. The van der Waals surface area contributed by atoms with Gasteiger partial charge in [0.15, 0.2) is 0 Å². The Kier molecular flexibility index (Phi) is 3.42. The summed E-state index contributed by atoms with van der Waals surface area (Å²) < 4.78 is 13.3. The molecule has 14 heavy (non-hydrogen) atoms. The largest absolute Gasteiger partial charge is 0.395 e. The third-order valence-corrected chi connectivity index (χ3v) is 2.41. The van der Waals surface area contributed by atoms with Gasteiger partial charge in [0, 0.05) is 5.41 Å². The van der Waals surface area contributed by atoms with Gasteiger partial charge < -0.3 is 5.11 Å². The maximum Gasteiger partial charge on any atom is 0.126 e. The van der Waals surface area contributed by atoms with Crippen molar-refractivity contribution in [3.63, 3.8) is 0 Å². The van der Waals surface area contributed by atoms with Gasteiger partial charge in [-0.25, -0.2) is 4.39 Å². The molecular formula is C12H15FO. The summed E-state index contributed by atoms with van der Waals surface area (Å²) >= 11 is 0. The Morgan fingerprint density at radius 1 is 1.50 bits per heavy atom. The molecule has 0 bridgehead atoms. The van der Waals surface area contributed by atoms with Crippen LogP contribution in [0.5, 0.6) is 0 Å². The maximum absolute atomic E-state index is 13.3. The molecule has 0 radical (unpaired) electrons. The second-order valence-corrected chi connectivity index (χ2v) is 3.78.